The highest BCUT2D eigenvalue weighted by Gasteiger charge is 2.01. The maximum absolute atomic E-state index is 10.5. The van der Waals surface area contributed by atoms with Crippen LogP contribution in [0.1, 0.15) is 18.7 Å². The summed E-state index contributed by atoms with van der Waals surface area (Å²) in [6, 6.07) is 1.71. The second-order valence-corrected chi connectivity index (χ2v) is 3.34. The Morgan fingerprint density at radius 3 is 2.94 bits per heavy atom. The number of anilines is 1. The van der Waals surface area contributed by atoms with Crippen LogP contribution in [0.15, 0.2) is 6.07 Å². The maximum Gasteiger partial charge on any atom is 0.218 e. The first-order valence-corrected chi connectivity index (χ1v) is 5.03. The Labute approximate surface area is 94.2 Å². The van der Waals surface area contributed by atoms with E-state index in [4.69, 9.17) is 10.5 Å². The summed E-state index contributed by atoms with van der Waals surface area (Å²) < 4.78 is 5.01. The standard InChI is InChI=1S/C10H16N4O2/c1-7-13-9(6-10(14-7)16-2)12-5-3-4-8(11)15/h6H,3-5H2,1-2H3,(H2,11,15)(H,12,13,14). The monoisotopic (exact) mass is 224 g/mol. The number of hydrogen-bond acceptors (Lipinski definition) is 5. The molecule has 3 N–H and O–H groups in total. The molecule has 1 rings (SSSR count). The van der Waals surface area contributed by atoms with Gasteiger partial charge in [-0.15, -0.1) is 0 Å². The Hall–Kier alpha value is -1.85. The van der Waals surface area contributed by atoms with Crippen molar-refractivity contribution in [1.82, 2.24) is 9.97 Å². The molecule has 0 aliphatic rings. The third kappa shape index (κ3) is 4.12. The van der Waals surface area contributed by atoms with Crippen LogP contribution >= 0.6 is 0 Å². The smallest absolute Gasteiger partial charge is 0.218 e. The molecule has 0 saturated heterocycles. The molecule has 0 aromatic carbocycles. The van der Waals surface area contributed by atoms with E-state index in [1.54, 1.807) is 20.1 Å². The lowest BCUT2D eigenvalue weighted by molar-refractivity contribution is -0.118. The summed E-state index contributed by atoms with van der Waals surface area (Å²) in [6.45, 7) is 2.43. The van der Waals surface area contributed by atoms with Gasteiger partial charge >= 0.3 is 0 Å². The lowest BCUT2D eigenvalue weighted by Gasteiger charge is -2.07. The van der Waals surface area contributed by atoms with Gasteiger partial charge in [-0.2, -0.15) is 4.98 Å². The molecule has 0 radical (unpaired) electrons. The highest BCUT2D eigenvalue weighted by molar-refractivity contribution is 5.73. The van der Waals surface area contributed by atoms with Gasteiger partial charge in [0.05, 0.1) is 7.11 Å². The van der Waals surface area contributed by atoms with E-state index < -0.39 is 0 Å². The average Bonchev–Trinajstić information content (AvgIpc) is 2.23. The largest absolute Gasteiger partial charge is 0.481 e. The molecule has 0 atom stereocenters. The average molecular weight is 224 g/mol. The molecule has 0 saturated carbocycles. The van der Waals surface area contributed by atoms with E-state index >= 15 is 0 Å². The van der Waals surface area contributed by atoms with Crippen molar-refractivity contribution in [3.8, 4) is 5.88 Å². The molecular weight excluding hydrogens is 208 g/mol. The van der Waals surface area contributed by atoms with Crippen molar-refractivity contribution >= 4 is 11.7 Å². The highest BCUT2D eigenvalue weighted by Crippen LogP contribution is 2.12. The van der Waals surface area contributed by atoms with Gasteiger partial charge in [0.2, 0.25) is 11.8 Å². The third-order valence-electron chi connectivity index (χ3n) is 1.93. The molecular formula is C10H16N4O2. The number of methoxy groups -OCH3 is 1. The third-order valence-corrected chi connectivity index (χ3v) is 1.93. The van der Waals surface area contributed by atoms with Crippen LogP contribution in [0.3, 0.4) is 0 Å². The van der Waals surface area contributed by atoms with Gasteiger partial charge in [-0.25, -0.2) is 4.98 Å². The zero-order valence-electron chi connectivity index (χ0n) is 9.49. The van der Waals surface area contributed by atoms with Crippen molar-refractivity contribution in [2.24, 2.45) is 5.73 Å². The predicted molar refractivity (Wildman–Crippen MR) is 60.2 cm³/mol. The van der Waals surface area contributed by atoms with E-state index in [9.17, 15) is 4.79 Å². The van der Waals surface area contributed by atoms with Gasteiger partial charge in [0, 0.05) is 19.0 Å². The van der Waals surface area contributed by atoms with E-state index in [1.165, 1.54) is 0 Å². The maximum atomic E-state index is 10.5. The minimum absolute atomic E-state index is 0.293. The molecule has 16 heavy (non-hydrogen) atoms. The van der Waals surface area contributed by atoms with Gasteiger partial charge < -0.3 is 15.8 Å². The van der Waals surface area contributed by atoms with Crippen molar-refractivity contribution in [2.45, 2.75) is 19.8 Å². The Bertz CT molecular complexity index is 368. The minimum Gasteiger partial charge on any atom is -0.481 e. The van der Waals surface area contributed by atoms with Crippen molar-refractivity contribution < 1.29 is 9.53 Å². The minimum atomic E-state index is -0.293. The molecule has 0 fully saturated rings. The number of nitrogens with zero attached hydrogens (tertiary/aromatic N) is 2. The molecule has 1 amide bonds. The first kappa shape index (κ1) is 12.2. The summed E-state index contributed by atoms with van der Waals surface area (Å²) >= 11 is 0. The molecule has 0 spiro atoms. The molecule has 1 aromatic heterocycles. The van der Waals surface area contributed by atoms with Gasteiger partial charge in [-0.3, -0.25) is 4.79 Å². The number of primary amides is 1. The first-order chi connectivity index (χ1) is 7.61. The normalized spacial score (nSPS) is 9.88. The molecule has 0 unspecified atom stereocenters. The van der Waals surface area contributed by atoms with Crippen molar-refractivity contribution in [3.05, 3.63) is 11.9 Å². The molecule has 1 heterocycles. The molecule has 1 aromatic rings. The summed E-state index contributed by atoms with van der Waals surface area (Å²) in [4.78, 5) is 18.8. The van der Waals surface area contributed by atoms with E-state index in [2.05, 4.69) is 15.3 Å². The molecule has 0 aliphatic carbocycles. The van der Waals surface area contributed by atoms with Crippen LogP contribution in [0.2, 0.25) is 0 Å². The number of aryl methyl sites for hydroxylation is 1. The van der Waals surface area contributed by atoms with Gasteiger partial charge in [-0.1, -0.05) is 0 Å². The Balaban J connectivity index is 2.47. The second-order valence-electron chi connectivity index (χ2n) is 3.34. The summed E-state index contributed by atoms with van der Waals surface area (Å²) in [5, 5.41) is 3.08. The summed E-state index contributed by atoms with van der Waals surface area (Å²) in [7, 11) is 1.55. The van der Waals surface area contributed by atoms with E-state index in [-0.39, 0.29) is 5.91 Å². The Morgan fingerprint density at radius 2 is 2.31 bits per heavy atom. The molecule has 6 heteroatoms. The Morgan fingerprint density at radius 1 is 1.56 bits per heavy atom. The van der Waals surface area contributed by atoms with Gasteiger partial charge in [-0.05, 0) is 13.3 Å². The van der Waals surface area contributed by atoms with Crippen LogP contribution in [0.5, 0.6) is 5.88 Å². The molecule has 0 bridgehead atoms. The molecule has 6 nitrogen and oxygen atoms in total. The van der Waals surface area contributed by atoms with Crippen LogP contribution < -0.4 is 15.8 Å². The van der Waals surface area contributed by atoms with Gasteiger partial charge in [0.1, 0.15) is 11.6 Å². The van der Waals surface area contributed by atoms with E-state index in [0.717, 1.165) is 0 Å². The topological polar surface area (TPSA) is 90.1 Å². The summed E-state index contributed by atoms with van der Waals surface area (Å²) in [5.41, 5.74) is 5.03. The van der Waals surface area contributed by atoms with Crippen LogP contribution in [0.4, 0.5) is 5.82 Å². The quantitative estimate of drug-likeness (QED) is 0.685. The summed E-state index contributed by atoms with van der Waals surface area (Å²) in [5.74, 6) is 1.55. The number of ether oxygens (including phenoxy) is 1. The number of nitrogens with two attached hydrogens (primary N) is 1. The van der Waals surface area contributed by atoms with Crippen LogP contribution in [-0.2, 0) is 4.79 Å². The Kier molecular flexibility index (Phi) is 4.50. The van der Waals surface area contributed by atoms with Crippen molar-refractivity contribution in [3.63, 3.8) is 0 Å². The van der Waals surface area contributed by atoms with Crippen molar-refractivity contribution in [1.29, 1.82) is 0 Å². The van der Waals surface area contributed by atoms with Crippen LogP contribution in [0.25, 0.3) is 0 Å². The number of carbonyl (C=O) groups is 1. The lowest BCUT2D eigenvalue weighted by Crippen LogP contribution is -2.13. The fourth-order valence-electron chi connectivity index (χ4n) is 1.21. The number of aromatic nitrogens is 2. The fourth-order valence-corrected chi connectivity index (χ4v) is 1.21. The number of hydrogen-bond donors (Lipinski definition) is 2. The number of amides is 1. The second kappa shape index (κ2) is 5.89. The van der Waals surface area contributed by atoms with Crippen LogP contribution in [0, 0.1) is 6.92 Å². The fraction of sp³-hybridized carbons (Fsp3) is 0.500. The van der Waals surface area contributed by atoms with Crippen LogP contribution in [-0.4, -0.2) is 29.5 Å². The zero-order chi connectivity index (χ0) is 12.0. The lowest BCUT2D eigenvalue weighted by atomic mass is 10.3. The number of carbonyl (C=O) groups excluding carboxylic acids is 1. The predicted octanol–water partition coefficient (Wildman–Crippen LogP) is 0.471. The van der Waals surface area contributed by atoms with Crippen molar-refractivity contribution in [2.75, 3.05) is 19.0 Å². The molecule has 88 valence electrons. The number of nitrogens with one attached hydrogen (secondary N) is 1. The van der Waals surface area contributed by atoms with Gasteiger partial charge in [0.25, 0.3) is 0 Å². The molecule has 0 aliphatic heterocycles. The van der Waals surface area contributed by atoms with Gasteiger partial charge in [0.15, 0.2) is 0 Å². The number of rotatable bonds is 6. The zero-order valence-corrected chi connectivity index (χ0v) is 9.49. The first-order valence-electron chi connectivity index (χ1n) is 5.03. The summed E-state index contributed by atoms with van der Waals surface area (Å²) in [6.07, 6.45) is 1.05. The highest BCUT2D eigenvalue weighted by atomic mass is 16.5. The van der Waals surface area contributed by atoms with E-state index in [1.807, 2.05) is 0 Å². The van der Waals surface area contributed by atoms with E-state index in [0.29, 0.717) is 36.9 Å². The SMILES string of the molecule is COc1cc(NCCCC(N)=O)nc(C)n1.